The molecule has 0 N–H and O–H groups in total. The molecule has 6 aromatic carbocycles. The van der Waals surface area contributed by atoms with Crippen molar-refractivity contribution in [2.45, 2.75) is 19.3 Å². The van der Waals surface area contributed by atoms with Gasteiger partial charge < -0.3 is 0 Å². The normalized spacial score (nSPS) is 13.7. The number of nitrogens with zero attached hydrogens (tertiary/aromatic N) is 3. The zero-order valence-electron chi connectivity index (χ0n) is 23.5. The Balaban J connectivity index is 1.40. The van der Waals surface area contributed by atoms with Gasteiger partial charge in [0.05, 0.1) is 16.6 Å². The van der Waals surface area contributed by atoms with E-state index in [9.17, 15) is 0 Å². The maximum Gasteiger partial charge on any atom is 0.162 e. The van der Waals surface area contributed by atoms with Crippen LogP contribution in [0, 0.1) is 0 Å². The summed E-state index contributed by atoms with van der Waals surface area (Å²) in [7, 11) is 0. The highest BCUT2D eigenvalue weighted by molar-refractivity contribution is 6.14. The monoisotopic (exact) mass is 537 g/mol. The Morgan fingerprint density at radius 2 is 1.19 bits per heavy atom. The van der Waals surface area contributed by atoms with Crippen molar-refractivity contribution in [3.63, 3.8) is 0 Å². The van der Waals surface area contributed by atoms with Crippen LogP contribution in [0.3, 0.4) is 0 Å². The van der Waals surface area contributed by atoms with E-state index in [0.29, 0.717) is 0 Å². The lowest BCUT2D eigenvalue weighted by atomic mass is 9.82. The summed E-state index contributed by atoms with van der Waals surface area (Å²) in [5.74, 6) is 1.65. The van der Waals surface area contributed by atoms with Crippen molar-refractivity contribution < 1.29 is 0 Å². The fraction of sp³-hybridized carbons (Fsp3) is 0.0769. The zero-order chi connectivity index (χ0) is 28.0. The minimum absolute atomic E-state index is 0.0878. The van der Waals surface area contributed by atoms with Crippen molar-refractivity contribution in [2.24, 2.45) is 0 Å². The van der Waals surface area contributed by atoms with Crippen molar-refractivity contribution in [2.75, 3.05) is 0 Å². The van der Waals surface area contributed by atoms with Crippen LogP contribution in [0.15, 0.2) is 127 Å². The minimum atomic E-state index is -0.0878. The summed E-state index contributed by atoms with van der Waals surface area (Å²) in [5, 5.41) is 5.93. The number of aromatic nitrogens is 3. The van der Waals surface area contributed by atoms with Gasteiger partial charge in [0.1, 0.15) is 5.82 Å². The van der Waals surface area contributed by atoms with Crippen LogP contribution in [-0.4, -0.2) is 14.5 Å². The van der Waals surface area contributed by atoms with E-state index in [1.165, 1.54) is 43.8 Å². The second-order valence-electron chi connectivity index (χ2n) is 11.9. The lowest BCUT2D eigenvalue weighted by Crippen LogP contribution is -2.14. The lowest BCUT2D eigenvalue weighted by molar-refractivity contribution is 0.660. The highest BCUT2D eigenvalue weighted by Crippen LogP contribution is 2.51. The number of benzene rings is 6. The van der Waals surface area contributed by atoms with Gasteiger partial charge in [-0.3, -0.25) is 4.57 Å². The molecule has 0 radical (unpaired) electrons. The Morgan fingerprint density at radius 3 is 2.07 bits per heavy atom. The lowest BCUT2D eigenvalue weighted by Gasteiger charge is -2.21. The van der Waals surface area contributed by atoms with Gasteiger partial charge >= 0.3 is 0 Å². The van der Waals surface area contributed by atoms with Gasteiger partial charge in [0.2, 0.25) is 0 Å². The van der Waals surface area contributed by atoms with Crippen LogP contribution >= 0.6 is 0 Å². The largest absolute Gasteiger partial charge is 0.293 e. The first-order valence-corrected chi connectivity index (χ1v) is 14.5. The van der Waals surface area contributed by atoms with Crippen LogP contribution in [0.5, 0.6) is 0 Å². The predicted molar refractivity (Wildman–Crippen MR) is 174 cm³/mol. The van der Waals surface area contributed by atoms with Crippen LogP contribution in [0.2, 0.25) is 0 Å². The Bertz CT molecular complexity index is 2390. The van der Waals surface area contributed by atoms with Crippen LogP contribution in [0.1, 0.15) is 25.0 Å². The first kappa shape index (κ1) is 23.4. The Kier molecular flexibility index (Phi) is 4.67. The van der Waals surface area contributed by atoms with Crippen LogP contribution < -0.4 is 0 Å². The van der Waals surface area contributed by atoms with Crippen molar-refractivity contribution in [3.8, 4) is 28.3 Å². The summed E-state index contributed by atoms with van der Waals surface area (Å²) in [6, 6.07) is 45.6. The molecule has 8 aromatic rings. The van der Waals surface area contributed by atoms with E-state index in [2.05, 4.69) is 146 Å². The third-order valence-corrected chi connectivity index (χ3v) is 9.18. The molecular weight excluding hydrogens is 510 g/mol. The minimum Gasteiger partial charge on any atom is -0.293 e. The molecule has 3 nitrogen and oxygen atoms in total. The van der Waals surface area contributed by atoms with Gasteiger partial charge in [0.25, 0.3) is 0 Å². The zero-order valence-corrected chi connectivity index (χ0v) is 23.5. The summed E-state index contributed by atoms with van der Waals surface area (Å²) in [5.41, 5.74) is 9.40. The standard InChI is InChI=1S/C39H27N3/c1-39(2)31-18-8-5-15-27(31)36-29(17-11-19-32(36)39)37-40-33-20-9-6-16-28(33)38(41-37)42-34-21-10-7-14-26(34)30-22-24-12-3-4-13-25(24)23-35(30)42/h3-23H,1-2H3. The fourth-order valence-corrected chi connectivity index (χ4v) is 7.17. The van der Waals surface area contributed by atoms with E-state index >= 15 is 0 Å². The topological polar surface area (TPSA) is 30.7 Å². The molecule has 42 heavy (non-hydrogen) atoms. The molecule has 0 atom stereocenters. The number of hydrogen-bond donors (Lipinski definition) is 0. The van der Waals surface area contributed by atoms with Crippen molar-refractivity contribution in [1.29, 1.82) is 0 Å². The second-order valence-corrected chi connectivity index (χ2v) is 11.9. The third kappa shape index (κ3) is 3.11. The molecule has 0 saturated heterocycles. The van der Waals surface area contributed by atoms with Gasteiger partial charge in [0.15, 0.2) is 5.82 Å². The SMILES string of the molecule is CC1(C)c2ccccc2-c2c(-c3nc(-n4c5ccccc5c5cc6ccccc6cc54)c4ccccc4n3)cccc21. The predicted octanol–water partition coefficient (Wildman–Crippen LogP) is 9.85. The van der Waals surface area contributed by atoms with E-state index in [1.807, 2.05) is 0 Å². The molecule has 2 aromatic heterocycles. The first-order chi connectivity index (χ1) is 20.6. The average Bonchev–Trinajstić information content (AvgIpc) is 3.47. The number of rotatable bonds is 2. The second kappa shape index (κ2) is 8.37. The summed E-state index contributed by atoms with van der Waals surface area (Å²) < 4.78 is 2.34. The molecule has 0 spiro atoms. The van der Waals surface area contributed by atoms with Gasteiger partial charge in [-0.2, -0.15) is 0 Å². The maximum atomic E-state index is 5.44. The average molecular weight is 538 g/mol. The highest BCUT2D eigenvalue weighted by atomic mass is 15.1. The van der Waals surface area contributed by atoms with Crippen LogP contribution in [-0.2, 0) is 5.41 Å². The Labute approximate surface area is 243 Å². The summed E-state index contributed by atoms with van der Waals surface area (Å²) >= 11 is 0. The van der Waals surface area contributed by atoms with Gasteiger partial charge in [-0.1, -0.05) is 111 Å². The number of fused-ring (bicyclic) bond motifs is 8. The molecular formula is C39H27N3. The quantitative estimate of drug-likeness (QED) is 0.220. The molecule has 0 amide bonds. The molecule has 0 bridgehead atoms. The molecule has 0 aliphatic heterocycles. The molecule has 0 saturated carbocycles. The molecule has 0 unspecified atom stereocenters. The van der Waals surface area contributed by atoms with E-state index in [1.54, 1.807) is 0 Å². The fourth-order valence-electron chi connectivity index (χ4n) is 7.17. The molecule has 9 rings (SSSR count). The van der Waals surface area contributed by atoms with E-state index in [0.717, 1.165) is 39.1 Å². The van der Waals surface area contributed by atoms with Gasteiger partial charge in [-0.05, 0) is 63.4 Å². The third-order valence-electron chi connectivity index (χ3n) is 9.18. The summed E-state index contributed by atoms with van der Waals surface area (Å²) in [6.07, 6.45) is 0. The summed E-state index contributed by atoms with van der Waals surface area (Å²) in [6.45, 7) is 4.63. The Morgan fingerprint density at radius 1 is 0.524 bits per heavy atom. The molecule has 198 valence electrons. The van der Waals surface area contributed by atoms with Crippen molar-refractivity contribution in [1.82, 2.24) is 14.5 Å². The smallest absolute Gasteiger partial charge is 0.162 e. The summed E-state index contributed by atoms with van der Waals surface area (Å²) in [4.78, 5) is 10.6. The van der Waals surface area contributed by atoms with E-state index in [4.69, 9.17) is 9.97 Å². The molecule has 1 aliphatic carbocycles. The van der Waals surface area contributed by atoms with Gasteiger partial charge in [-0.25, -0.2) is 9.97 Å². The number of hydrogen-bond acceptors (Lipinski definition) is 2. The molecule has 2 heterocycles. The van der Waals surface area contributed by atoms with Crippen molar-refractivity contribution in [3.05, 3.63) is 139 Å². The Hall–Kier alpha value is -5.28. The van der Waals surface area contributed by atoms with Gasteiger partial charge in [-0.15, -0.1) is 0 Å². The van der Waals surface area contributed by atoms with E-state index in [-0.39, 0.29) is 5.41 Å². The molecule has 0 fully saturated rings. The highest BCUT2D eigenvalue weighted by Gasteiger charge is 2.37. The molecule has 3 heteroatoms. The van der Waals surface area contributed by atoms with Crippen LogP contribution in [0.25, 0.3) is 71.8 Å². The first-order valence-electron chi connectivity index (χ1n) is 14.5. The van der Waals surface area contributed by atoms with Gasteiger partial charge in [0, 0.05) is 27.1 Å². The number of para-hydroxylation sites is 2. The van der Waals surface area contributed by atoms with E-state index < -0.39 is 0 Å². The van der Waals surface area contributed by atoms with Crippen molar-refractivity contribution >= 4 is 43.5 Å². The maximum absolute atomic E-state index is 5.44. The molecule has 1 aliphatic rings. The van der Waals surface area contributed by atoms with Crippen LogP contribution in [0.4, 0.5) is 0 Å².